The average molecular weight is 451 g/mol. The van der Waals surface area contributed by atoms with Crippen LogP contribution in [0.1, 0.15) is 79.1 Å². The molecule has 0 heterocycles. The quantitative estimate of drug-likeness (QED) is 0.414. The number of hydrogen-bond donors (Lipinski definition) is 5. The van der Waals surface area contributed by atoms with Crippen molar-refractivity contribution in [3.63, 3.8) is 0 Å². The molecule has 4 saturated carbocycles. The molecule has 5 N–H and O–H groups in total. The van der Waals surface area contributed by atoms with Crippen molar-refractivity contribution in [2.24, 2.45) is 46.3 Å². The van der Waals surface area contributed by atoms with Gasteiger partial charge in [0.05, 0.1) is 23.9 Å². The third kappa shape index (κ3) is 3.71. The van der Waals surface area contributed by atoms with Crippen molar-refractivity contribution < 1.29 is 25.5 Å². The Morgan fingerprint density at radius 1 is 0.969 bits per heavy atom. The molecule has 0 bridgehead atoms. The third-order valence-corrected chi connectivity index (χ3v) is 10.7. The van der Waals surface area contributed by atoms with Gasteiger partial charge in [-0.25, -0.2) is 0 Å². The van der Waals surface area contributed by atoms with E-state index in [0.717, 1.165) is 32.1 Å². The Hall–Kier alpha value is -0.460. The number of aliphatic hydroxyl groups excluding tert-OH is 4. The van der Waals surface area contributed by atoms with Gasteiger partial charge in [-0.1, -0.05) is 39.8 Å². The molecule has 0 radical (unpaired) electrons. The van der Waals surface area contributed by atoms with Crippen LogP contribution in [0.15, 0.2) is 12.2 Å². The lowest BCUT2D eigenvalue weighted by Gasteiger charge is -2.66. The molecule has 5 nitrogen and oxygen atoms in total. The molecule has 32 heavy (non-hydrogen) atoms. The fourth-order valence-corrected chi connectivity index (χ4v) is 9.07. The van der Waals surface area contributed by atoms with Crippen LogP contribution in [-0.4, -0.2) is 56.1 Å². The molecule has 4 unspecified atom stereocenters. The molecule has 4 aliphatic carbocycles. The Balaban J connectivity index is 1.61. The molecule has 0 aliphatic heterocycles. The van der Waals surface area contributed by atoms with Gasteiger partial charge >= 0.3 is 0 Å². The largest absolute Gasteiger partial charge is 0.396 e. The van der Waals surface area contributed by atoms with E-state index < -0.39 is 17.8 Å². The van der Waals surface area contributed by atoms with E-state index in [2.05, 4.69) is 32.9 Å². The number of aliphatic hydroxyl groups is 5. The molecular formula is C27H46O5. The second-order valence-electron chi connectivity index (χ2n) is 12.6. The summed E-state index contributed by atoms with van der Waals surface area (Å²) in [6.45, 7) is 8.93. The molecule has 0 saturated heterocycles. The van der Waals surface area contributed by atoms with Gasteiger partial charge in [0.2, 0.25) is 0 Å². The third-order valence-electron chi connectivity index (χ3n) is 10.7. The summed E-state index contributed by atoms with van der Waals surface area (Å²) in [6.07, 6.45) is 8.77. The highest BCUT2D eigenvalue weighted by atomic mass is 16.3. The van der Waals surface area contributed by atoms with Gasteiger partial charge in [0.25, 0.3) is 0 Å². The summed E-state index contributed by atoms with van der Waals surface area (Å²) in [7, 11) is 0. The van der Waals surface area contributed by atoms with Crippen LogP contribution >= 0.6 is 0 Å². The summed E-state index contributed by atoms with van der Waals surface area (Å²) < 4.78 is 0. The molecule has 0 spiro atoms. The molecular weight excluding hydrogens is 404 g/mol. The summed E-state index contributed by atoms with van der Waals surface area (Å²) in [6, 6.07) is 0. The zero-order valence-corrected chi connectivity index (χ0v) is 20.5. The van der Waals surface area contributed by atoms with Gasteiger partial charge in [0, 0.05) is 18.9 Å². The van der Waals surface area contributed by atoms with E-state index in [-0.39, 0.29) is 59.0 Å². The van der Waals surface area contributed by atoms with Gasteiger partial charge in [0.1, 0.15) is 0 Å². The van der Waals surface area contributed by atoms with E-state index in [0.29, 0.717) is 19.3 Å². The van der Waals surface area contributed by atoms with Gasteiger partial charge in [-0.3, -0.25) is 0 Å². The monoisotopic (exact) mass is 450 g/mol. The zero-order valence-electron chi connectivity index (χ0n) is 20.5. The average Bonchev–Trinajstić information content (AvgIpc) is 3.00. The SMILES string of the molecule is CC(CO)C/C=C/[C@@H](C)[C@H]1CC(O)[C@@H]2[C@]1(C)CC[C@@H]1[C@@]3(C)CCC(O)C[C@@H]3C(O)C[C@]12O. The zero-order chi connectivity index (χ0) is 23.5. The molecule has 184 valence electrons. The van der Waals surface area contributed by atoms with Crippen LogP contribution in [0.3, 0.4) is 0 Å². The summed E-state index contributed by atoms with van der Waals surface area (Å²) >= 11 is 0. The first-order valence-electron chi connectivity index (χ1n) is 13.0. The summed E-state index contributed by atoms with van der Waals surface area (Å²) in [5, 5.41) is 54.3. The molecule has 0 aromatic heterocycles. The van der Waals surface area contributed by atoms with Crippen LogP contribution in [-0.2, 0) is 0 Å². The number of allylic oxidation sites excluding steroid dienone is 2. The maximum absolute atomic E-state index is 12.3. The van der Waals surface area contributed by atoms with Crippen molar-refractivity contribution in [2.75, 3.05) is 6.61 Å². The van der Waals surface area contributed by atoms with E-state index in [1.807, 2.05) is 6.92 Å². The number of hydrogen-bond acceptors (Lipinski definition) is 5. The van der Waals surface area contributed by atoms with Crippen molar-refractivity contribution in [3.8, 4) is 0 Å². The van der Waals surface area contributed by atoms with Crippen molar-refractivity contribution in [3.05, 3.63) is 12.2 Å². The summed E-state index contributed by atoms with van der Waals surface area (Å²) in [4.78, 5) is 0. The van der Waals surface area contributed by atoms with E-state index in [4.69, 9.17) is 0 Å². The second kappa shape index (κ2) is 8.64. The van der Waals surface area contributed by atoms with Gasteiger partial charge in [-0.05, 0) is 85.4 Å². The van der Waals surface area contributed by atoms with E-state index in [9.17, 15) is 25.5 Å². The Morgan fingerprint density at radius 2 is 1.66 bits per heavy atom. The molecule has 5 heteroatoms. The van der Waals surface area contributed by atoms with Crippen LogP contribution < -0.4 is 0 Å². The van der Waals surface area contributed by atoms with E-state index in [1.165, 1.54) is 0 Å². The molecule has 0 aromatic rings. The van der Waals surface area contributed by atoms with Crippen LogP contribution in [0.2, 0.25) is 0 Å². The van der Waals surface area contributed by atoms with Crippen molar-refractivity contribution in [1.82, 2.24) is 0 Å². The fraction of sp³-hybridized carbons (Fsp3) is 0.926. The first kappa shape index (κ1) is 24.7. The minimum atomic E-state index is -1.07. The Bertz CT molecular complexity index is 710. The normalized spacial score (nSPS) is 52.8. The van der Waals surface area contributed by atoms with E-state index in [1.54, 1.807) is 0 Å². The lowest BCUT2D eigenvalue weighted by molar-refractivity contribution is -0.263. The fourth-order valence-electron chi connectivity index (χ4n) is 9.07. The van der Waals surface area contributed by atoms with Crippen molar-refractivity contribution in [2.45, 2.75) is 103 Å². The lowest BCUT2D eigenvalue weighted by atomic mass is 9.42. The smallest absolute Gasteiger partial charge is 0.0763 e. The number of rotatable bonds is 5. The first-order chi connectivity index (χ1) is 15.0. The second-order valence-corrected chi connectivity index (χ2v) is 12.6. The van der Waals surface area contributed by atoms with Crippen LogP contribution in [0.25, 0.3) is 0 Å². The minimum Gasteiger partial charge on any atom is -0.396 e. The molecule has 4 aliphatic rings. The highest BCUT2D eigenvalue weighted by Crippen LogP contribution is 2.69. The molecule has 12 atom stereocenters. The summed E-state index contributed by atoms with van der Waals surface area (Å²) in [5.74, 6) is 0.657. The Morgan fingerprint density at radius 3 is 2.34 bits per heavy atom. The lowest BCUT2D eigenvalue weighted by Crippen LogP contribution is -2.68. The molecule has 0 aromatic carbocycles. The first-order valence-corrected chi connectivity index (χ1v) is 13.0. The molecule has 4 fully saturated rings. The highest BCUT2D eigenvalue weighted by Gasteiger charge is 2.70. The van der Waals surface area contributed by atoms with Crippen LogP contribution in [0.5, 0.6) is 0 Å². The van der Waals surface area contributed by atoms with Gasteiger partial charge in [-0.2, -0.15) is 0 Å². The van der Waals surface area contributed by atoms with Crippen molar-refractivity contribution in [1.29, 1.82) is 0 Å². The molecule has 0 amide bonds. The molecule has 4 rings (SSSR count). The van der Waals surface area contributed by atoms with Gasteiger partial charge < -0.3 is 25.5 Å². The Labute approximate surface area is 193 Å². The van der Waals surface area contributed by atoms with Crippen LogP contribution in [0.4, 0.5) is 0 Å². The van der Waals surface area contributed by atoms with Crippen LogP contribution in [0, 0.1) is 46.3 Å². The number of fused-ring (bicyclic) bond motifs is 5. The minimum absolute atomic E-state index is 0.0191. The maximum atomic E-state index is 12.3. The predicted octanol–water partition coefficient (Wildman–Crippen LogP) is 3.27. The Kier molecular flexibility index (Phi) is 6.66. The maximum Gasteiger partial charge on any atom is 0.0763 e. The predicted molar refractivity (Wildman–Crippen MR) is 125 cm³/mol. The highest BCUT2D eigenvalue weighted by molar-refractivity contribution is 5.20. The van der Waals surface area contributed by atoms with Gasteiger partial charge in [0.15, 0.2) is 0 Å². The van der Waals surface area contributed by atoms with E-state index >= 15 is 0 Å². The standard InChI is InChI=1S/C27H46O5/c1-16(15-28)6-5-7-17(2)19-13-21(30)24-26(19,4)11-9-23-25(3)10-8-18(29)12-20(25)22(31)14-27(23,24)32/h5,7,16-24,28-32H,6,8-15H2,1-4H3/b7-5+/t16?,17-,18?,19-,20-,21?,22?,23-,24-,25+,26-,27+/m1/s1. The van der Waals surface area contributed by atoms with Gasteiger partial charge in [-0.15, -0.1) is 0 Å². The summed E-state index contributed by atoms with van der Waals surface area (Å²) in [5.41, 5.74) is -1.44. The van der Waals surface area contributed by atoms with Crippen molar-refractivity contribution >= 4 is 0 Å². The topological polar surface area (TPSA) is 101 Å².